The summed E-state index contributed by atoms with van der Waals surface area (Å²) in [6, 6.07) is 0. The van der Waals surface area contributed by atoms with Gasteiger partial charge in [-0.05, 0) is 12.8 Å². The second-order valence-electron chi connectivity index (χ2n) is 3.23. The first-order valence-corrected chi connectivity index (χ1v) is 5.52. The number of aliphatic imine (C=N–C) groups is 2. The number of carbonyl (C=O) groups is 2. The Hall–Kier alpha value is -2.12. The number of hydrogen-bond acceptors (Lipinski definition) is 4. The maximum atomic E-state index is 9.74. The highest BCUT2D eigenvalue weighted by Gasteiger charge is 1.83. The van der Waals surface area contributed by atoms with Gasteiger partial charge in [0.1, 0.15) is 12.6 Å². The van der Waals surface area contributed by atoms with E-state index < -0.39 is 0 Å². The molecule has 0 unspecified atom stereocenters. The average Bonchev–Trinajstić information content (AvgIpc) is 2.31. The molecular weight excluding hydrogens is 236 g/mol. The Balaban J connectivity index is 0. The summed E-state index contributed by atoms with van der Waals surface area (Å²) in [5.41, 5.74) is 20.1. The minimum atomic E-state index is 0.0842. The largest absolute Gasteiger partial charge is 0.370 e. The third-order valence-corrected chi connectivity index (χ3v) is 1.55. The van der Waals surface area contributed by atoms with Crippen molar-refractivity contribution in [2.45, 2.75) is 25.7 Å². The maximum Gasteiger partial charge on any atom is 0.185 e. The fraction of sp³-hybridized carbons (Fsp3) is 0.600. The van der Waals surface area contributed by atoms with Crippen LogP contribution in [-0.4, -0.2) is 37.6 Å². The van der Waals surface area contributed by atoms with E-state index in [-0.39, 0.29) is 11.9 Å². The molecule has 0 saturated carbocycles. The predicted molar refractivity (Wildman–Crippen MR) is 71.9 cm³/mol. The molecular formula is C10H22N6O2. The molecule has 8 N–H and O–H groups in total. The van der Waals surface area contributed by atoms with Crippen molar-refractivity contribution < 1.29 is 9.59 Å². The number of unbranched alkanes of at least 4 members (excludes halogenated alkanes) is 2. The number of carbonyl (C=O) groups excluding carboxylic acids is 2. The summed E-state index contributed by atoms with van der Waals surface area (Å²) in [4.78, 5) is 26.8. The van der Waals surface area contributed by atoms with Gasteiger partial charge in [-0.15, -0.1) is 0 Å². The first-order chi connectivity index (χ1) is 8.54. The summed E-state index contributed by atoms with van der Waals surface area (Å²) in [6.07, 6.45) is 4.20. The molecule has 0 aromatic heterocycles. The summed E-state index contributed by atoms with van der Waals surface area (Å²) >= 11 is 0. The van der Waals surface area contributed by atoms with Crippen LogP contribution < -0.4 is 22.9 Å². The molecule has 0 aliphatic rings. The van der Waals surface area contributed by atoms with Crippen molar-refractivity contribution in [3.05, 3.63) is 0 Å². The Morgan fingerprint density at radius 1 is 0.778 bits per heavy atom. The molecule has 104 valence electrons. The van der Waals surface area contributed by atoms with Crippen LogP contribution in [0.3, 0.4) is 0 Å². The maximum absolute atomic E-state index is 9.74. The van der Waals surface area contributed by atoms with E-state index in [0.717, 1.165) is 25.4 Å². The minimum Gasteiger partial charge on any atom is -0.370 e. The Bertz CT molecular complexity index is 242. The van der Waals surface area contributed by atoms with Gasteiger partial charge in [0.05, 0.1) is 0 Å². The van der Waals surface area contributed by atoms with Crippen molar-refractivity contribution in [2.24, 2.45) is 32.9 Å². The van der Waals surface area contributed by atoms with Crippen LogP contribution in [0.15, 0.2) is 9.98 Å². The molecule has 0 atom stereocenters. The summed E-state index contributed by atoms with van der Waals surface area (Å²) in [6.45, 7) is 1.09. The second-order valence-corrected chi connectivity index (χ2v) is 3.23. The normalized spacial score (nSPS) is 8.44. The summed E-state index contributed by atoms with van der Waals surface area (Å²) < 4.78 is 0. The van der Waals surface area contributed by atoms with Crippen molar-refractivity contribution >= 4 is 24.5 Å². The number of nitrogens with two attached hydrogens (primary N) is 4. The predicted octanol–water partition coefficient (Wildman–Crippen LogP) is -1.52. The number of nitrogens with zero attached hydrogens (tertiary/aromatic N) is 2. The molecule has 0 fully saturated rings. The highest BCUT2D eigenvalue weighted by Crippen LogP contribution is 1.83. The van der Waals surface area contributed by atoms with Crippen LogP contribution in [0.5, 0.6) is 0 Å². The Morgan fingerprint density at radius 3 is 1.33 bits per heavy atom. The smallest absolute Gasteiger partial charge is 0.185 e. The molecule has 0 rings (SSSR count). The van der Waals surface area contributed by atoms with E-state index >= 15 is 0 Å². The van der Waals surface area contributed by atoms with Gasteiger partial charge in [0, 0.05) is 25.9 Å². The van der Waals surface area contributed by atoms with E-state index in [1.807, 2.05) is 0 Å². The van der Waals surface area contributed by atoms with Crippen LogP contribution in [0.2, 0.25) is 0 Å². The molecule has 0 bridgehead atoms. The second kappa shape index (κ2) is 14.9. The molecule has 0 aromatic carbocycles. The first-order valence-electron chi connectivity index (χ1n) is 5.52. The van der Waals surface area contributed by atoms with E-state index in [1.54, 1.807) is 0 Å². The zero-order valence-corrected chi connectivity index (χ0v) is 10.4. The van der Waals surface area contributed by atoms with Gasteiger partial charge in [-0.25, -0.2) is 0 Å². The molecule has 8 nitrogen and oxygen atoms in total. The Labute approximate surface area is 107 Å². The van der Waals surface area contributed by atoms with Crippen LogP contribution in [0.1, 0.15) is 25.7 Å². The molecule has 0 amide bonds. The third kappa shape index (κ3) is 23.6. The van der Waals surface area contributed by atoms with Crippen molar-refractivity contribution in [3.8, 4) is 0 Å². The van der Waals surface area contributed by atoms with Crippen molar-refractivity contribution in [3.63, 3.8) is 0 Å². The summed E-state index contributed by atoms with van der Waals surface area (Å²) in [7, 11) is 0. The molecule has 0 radical (unpaired) electrons. The van der Waals surface area contributed by atoms with Gasteiger partial charge in [-0.2, -0.15) is 0 Å². The first kappa shape index (κ1) is 18.3. The fourth-order valence-electron chi connectivity index (χ4n) is 0.766. The molecule has 0 aliphatic heterocycles. The van der Waals surface area contributed by atoms with E-state index in [4.69, 9.17) is 22.9 Å². The highest BCUT2D eigenvalue weighted by atomic mass is 16.1. The summed E-state index contributed by atoms with van der Waals surface area (Å²) in [5.74, 6) is 0.168. The Kier molecular flexibility index (Phi) is 15.1. The lowest BCUT2D eigenvalue weighted by Gasteiger charge is -1.89. The number of rotatable bonds is 8. The van der Waals surface area contributed by atoms with Gasteiger partial charge in [-0.3, -0.25) is 9.98 Å². The lowest BCUT2D eigenvalue weighted by atomic mass is 10.3. The Morgan fingerprint density at radius 2 is 1.11 bits per heavy atom. The monoisotopic (exact) mass is 258 g/mol. The van der Waals surface area contributed by atoms with Gasteiger partial charge in [0.25, 0.3) is 0 Å². The third-order valence-electron chi connectivity index (χ3n) is 1.55. The van der Waals surface area contributed by atoms with E-state index in [2.05, 4.69) is 9.98 Å². The van der Waals surface area contributed by atoms with Crippen LogP contribution >= 0.6 is 0 Å². The standard InChI is InChI=1S/2C5H11N3O/c2*6-5(7)8-3-1-2-4-9/h2*4H,1-3H2,(H4,6,7,8). The van der Waals surface area contributed by atoms with Gasteiger partial charge in [0.15, 0.2) is 11.9 Å². The molecule has 0 heterocycles. The highest BCUT2D eigenvalue weighted by molar-refractivity contribution is 5.75. The zero-order chi connectivity index (χ0) is 14.2. The lowest BCUT2D eigenvalue weighted by molar-refractivity contribution is -0.108. The SMILES string of the molecule is NC(N)=NCCCC=O.NC(N)=NCCCC=O. The molecule has 0 spiro atoms. The number of aldehydes is 2. The molecule has 0 aromatic rings. The van der Waals surface area contributed by atoms with Gasteiger partial charge in [-0.1, -0.05) is 0 Å². The minimum absolute atomic E-state index is 0.0842. The zero-order valence-electron chi connectivity index (χ0n) is 10.4. The molecule has 0 saturated heterocycles. The molecule has 18 heavy (non-hydrogen) atoms. The van der Waals surface area contributed by atoms with E-state index in [1.165, 1.54) is 0 Å². The van der Waals surface area contributed by atoms with Gasteiger partial charge >= 0.3 is 0 Å². The van der Waals surface area contributed by atoms with Crippen molar-refractivity contribution in [2.75, 3.05) is 13.1 Å². The van der Waals surface area contributed by atoms with Crippen LogP contribution in [0.25, 0.3) is 0 Å². The van der Waals surface area contributed by atoms with E-state index in [9.17, 15) is 9.59 Å². The van der Waals surface area contributed by atoms with Gasteiger partial charge in [0.2, 0.25) is 0 Å². The molecule has 0 aliphatic carbocycles. The lowest BCUT2D eigenvalue weighted by Crippen LogP contribution is -2.22. The van der Waals surface area contributed by atoms with Crippen LogP contribution in [-0.2, 0) is 9.59 Å². The van der Waals surface area contributed by atoms with Gasteiger partial charge < -0.3 is 32.5 Å². The van der Waals surface area contributed by atoms with Crippen molar-refractivity contribution in [1.82, 2.24) is 0 Å². The average molecular weight is 258 g/mol. The van der Waals surface area contributed by atoms with Crippen LogP contribution in [0, 0.1) is 0 Å². The number of guanidine groups is 2. The summed E-state index contributed by atoms with van der Waals surface area (Å²) in [5, 5.41) is 0. The molecule has 8 heteroatoms. The van der Waals surface area contributed by atoms with E-state index in [0.29, 0.717) is 25.9 Å². The topological polar surface area (TPSA) is 163 Å². The van der Waals surface area contributed by atoms with Crippen molar-refractivity contribution in [1.29, 1.82) is 0 Å². The van der Waals surface area contributed by atoms with Crippen LogP contribution in [0.4, 0.5) is 0 Å². The quantitative estimate of drug-likeness (QED) is 0.179. The fourth-order valence-corrected chi connectivity index (χ4v) is 0.766. The number of hydrogen-bond donors (Lipinski definition) is 4.